The van der Waals surface area contributed by atoms with Crippen molar-refractivity contribution in [3.63, 3.8) is 0 Å². The van der Waals surface area contributed by atoms with Crippen molar-refractivity contribution in [2.45, 2.75) is 6.61 Å². The number of carbonyl (C=O) groups is 2. The van der Waals surface area contributed by atoms with E-state index >= 15 is 0 Å². The van der Waals surface area contributed by atoms with E-state index in [2.05, 4.69) is 15.9 Å². The first kappa shape index (κ1) is 21.0. The van der Waals surface area contributed by atoms with Crippen molar-refractivity contribution in [1.82, 2.24) is 0 Å². The van der Waals surface area contributed by atoms with E-state index in [1.807, 2.05) is 0 Å². The number of fused-ring (bicyclic) bond motifs is 1. The lowest BCUT2D eigenvalue weighted by atomic mass is 10.1. The second kappa shape index (κ2) is 8.45. The molecule has 0 fully saturated rings. The van der Waals surface area contributed by atoms with E-state index in [0.29, 0.717) is 32.5 Å². The van der Waals surface area contributed by atoms with Gasteiger partial charge in [0.1, 0.15) is 6.61 Å². The zero-order chi connectivity index (χ0) is 22.1. The topological polar surface area (TPSA) is 86.5 Å². The van der Waals surface area contributed by atoms with E-state index in [4.69, 9.17) is 16.3 Å². The molecule has 0 atom stereocenters. The van der Waals surface area contributed by atoms with Crippen molar-refractivity contribution in [2.24, 2.45) is 0 Å². The molecule has 0 radical (unpaired) electrons. The molecule has 154 valence electrons. The molecule has 0 bridgehead atoms. The Hall–Kier alpha value is -3.29. The number of nitro benzene ring substituents is 1. The van der Waals surface area contributed by atoms with Gasteiger partial charge in [0.25, 0.3) is 5.69 Å². The average Bonchev–Trinajstić information content (AvgIpc) is 2.98. The minimum absolute atomic E-state index is 0.0277. The molecule has 8 heteroatoms. The molecular formula is C23H13BrClNO5. The quantitative estimate of drug-likeness (QED) is 0.185. The van der Waals surface area contributed by atoms with Crippen LogP contribution in [0.3, 0.4) is 0 Å². The van der Waals surface area contributed by atoms with Crippen molar-refractivity contribution in [2.75, 3.05) is 0 Å². The summed E-state index contributed by atoms with van der Waals surface area (Å²) in [5.74, 6) is -0.291. The molecule has 0 aliphatic heterocycles. The van der Waals surface area contributed by atoms with Gasteiger partial charge in [0, 0.05) is 23.3 Å². The highest BCUT2D eigenvalue weighted by Gasteiger charge is 2.32. The van der Waals surface area contributed by atoms with Crippen molar-refractivity contribution in [1.29, 1.82) is 0 Å². The third-order valence-electron chi connectivity index (χ3n) is 4.74. The van der Waals surface area contributed by atoms with Gasteiger partial charge in [-0.05, 0) is 45.3 Å². The van der Waals surface area contributed by atoms with Crippen molar-refractivity contribution in [3.05, 3.63) is 108 Å². The predicted octanol–water partition coefficient (Wildman–Crippen LogP) is 6.05. The maximum absolute atomic E-state index is 12.6. The number of rotatable bonds is 5. The van der Waals surface area contributed by atoms with E-state index in [9.17, 15) is 19.7 Å². The van der Waals surface area contributed by atoms with Gasteiger partial charge >= 0.3 is 0 Å². The molecule has 0 aromatic heterocycles. The molecule has 0 saturated carbocycles. The Morgan fingerprint density at radius 2 is 1.68 bits per heavy atom. The first-order chi connectivity index (χ1) is 14.8. The van der Waals surface area contributed by atoms with Gasteiger partial charge in [-0.1, -0.05) is 48.0 Å². The molecular weight excluding hydrogens is 486 g/mol. The number of non-ortho nitro benzene ring substituents is 1. The minimum Gasteiger partial charge on any atom is -0.486 e. The summed E-state index contributed by atoms with van der Waals surface area (Å²) in [6.07, 6.45) is 1.51. The summed E-state index contributed by atoms with van der Waals surface area (Å²) < 4.78 is 6.27. The predicted molar refractivity (Wildman–Crippen MR) is 120 cm³/mol. The van der Waals surface area contributed by atoms with Gasteiger partial charge in [-0.15, -0.1) is 0 Å². The van der Waals surface area contributed by atoms with Crippen molar-refractivity contribution in [3.8, 4) is 5.75 Å². The van der Waals surface area contributed by atoms with E-state index in [-0.39, 0.29) is 34.5 Å². The van der Waals surface area contributed by atoms with Crippen LogP contribution in [-0.2, 0) is 6.61 Å². The molecule has 0 spiro atoms. The SMILES string of the molecule is O=C1C(=Cc2cc(Cl)c(OCc3cccc([N+](=O)[O-])c3)c(Br)c2)C(=O)c2ccccc21. The monoisotopic (exact) mass is 497 g/mol. The standard InChI is InChI=1S/C23H13BrClNO5/c24-19-10-14(9-18-21(27)16-6-1-2-7-17(16)22(18)28)11-20(25)23(19)31-12-13-4-3-5-15(8-13)26(29)30/h1-11H,12H2. The van der Waals surface area contributed by atoms with E-state index in [0.717, 1.165) is 0 Å². The molecule has 1 aliphatic rings. The highest BCUT2D eigenvalue weighted by Crippen LogP contribution is 2.37. The zero-order valence-corrected chi connectivity index (χ0v) is 18.1. The first-order valence-corrected chi connectivity index (χ1v) is 10.3. The Labute approximate surface area is 190 Å². The summed E-state index contributed by atoms with van der Waals surface area (Å²) in [5, 5.41) is 11.2. The summed E-state index contributed by atoms with van der Waals surface area (Å²) in [4.78, 5) is 35.6. The second-order valence-electron chi connectivity index (χ2n) is 6.79. The fourth-order valence-corrected chi connectivity index (χ4v) is 4.28. The molecule has 0 N–H and O–H groups in total. The number of halogens is 2. The van der Waals surface area contributed by atoms with Crippen LogP contribution in [0.5, 0.6) is 5.75 Å². The third kappa shape index (κ3) is 4.15. The molecule has 3 aromatic rings. The van der Waals surface area contributed by atoms with Crippen molar-refractivity contribution < 1.29 is 19.2 Å². The number of benzene rings is 3. The van der Waals surface area contributed by atoms with E-state index in [1.54, 1.807) is 48.5 Å². The smallest absolute Gasteiger partial charge is 0.269 e. The fourth-order valence-electron chi connectivity index (χ4n) is 3.29. The summed E-state index contributed by atoms with van der Waals surface area (Å²) in [5.41, 5.74) is 2.00. The number of nitrogens with zero attached hydrogens (tertiary/aromatic N) is 1. The first-order valence-electron chi connectivity index (χ1n) is 9.10. The van der Waals surface area contributed by atoms with Gasteiger partial charge in [-0.25, -0.2) is 0 Å². The third-order valence-corrected chi connectivity index (χ3v) is 5.61. The van der Waals surface area contributed by atoms with Gasteiger partial charge < -0.3 is 4.74 Å². The molecule has 0 heterocycles. The maximum Gasteiger partial charge on any atom is 0.269 e. The molecule has 6 nitrogen and oxygen atoms in total. The fraction of sp³-hybridized carbons (Fsp3) is 0.0435. The highest BCUT2D eigenvalue weighted by molar-refractivity contribution is 9.10. The van der Waals surface area contributed by atoms with Crippen LogP contribution < -0.4 is 4.74 Å². The number of ether oxygens (including phenoxy) is 1. The van der Waals surface area contributed by atoms with Crippen LogP contribution in [0.15, 0.2) is 70.7 Å². The van der Waals surface area contributed by atoms with Crippen LogP contribution in [0, 0.1) is 10.1 Å². The number of hydrogen-bond donors (Lipinski definition) is 0. The molecule has 0 unspecified atom stereocenters. The van der Waals surface area contributed by atoms with Crippen LogP contribution in [0.1, 0.15) is 31.8 Å². The number of Topliss-reactive ketones (excluding diaryl/α,β-unsaturated/α-hetero) is 2. The Balaban J connectivity index is 1.58. The van der Waals surface area contributed by atoms with Crippen LogP contribution >= 0.6 is 27.5 Å². The Kier molecular flexibility index (Phi) is 5.71. The normalized spacial score (nSPS) is 12.6. The second-order valence-corrected chi connectivity index (χ2v) is 8.05. The number of nitro groups is 1. The summed E-state index contributed by atoms with van der Waals surface area (Å²) >= 11 is 9.77. The average molecular weight is 499 g/mol. The zero-order valence-electron chi connectivity index (χ0n) is 15.8. The van der Waals surface area contributed by atoms with E-state index in [1.165, 1.54) is 18.2 Å². The molecule has 1 aliphatic carbocycles. The number of hydrogen-bond acceptors (Lipinski definition) is 5. The van der Waals surface area contributed by atoms with E-state index < -0.39 is 4.92 Å². The van der Waals surface area contributed by atoms with Crippen LogP contribution in [0.4, 0.5) is 5.69 Å². The van der Waals surface area contributed by atoms with Crippen LogP contribution in [0.2, 0.25) is 5.02 Å². The van der Waals surface area contributed by atoms with Crippen LogP contribution in [0.25, 0.3) is 6.08 Å². The van der Waals surface area contributed by atoms with Crippen LogP contribution in [-0.4, -0.2) is 16.5 Å². The van der Waals surface area contributed by atoms with Gasteiger partial charge in [0.2, 0.25) is 0 Å². The molecule has 4 rings (SSSR count). The van der Waals surface area contributed by atoms with Crippen molar-refractivity contribution >= 4 is 50.9 Å². The summed E-state index contributed by atoms with van der Waals surface area (Å²) in [6.45, 7) is 0.0761. The lowest BCUT2D eigenvalue weighted by Gasteiger charge is -2.11. The largest absolute Gasteiger partial charge is 0.486 e. The Bertz CT molecular complexity index is 1220. The Morgan fingerprint density at radius 3 is 2.29 bits per heavy atom. The molecule has 0 amide bonds. The minimum atomic E-state index is -0.474. The molecule has 0 saturated heterocycles. The van der Waals surface area contributed by atoms with Gasteiger partial charge in [-0.3, -0.25) is 19.7 Å². The highest BCUT2D eigenvalue weighted by atomic mass is 79.9. The summed E-state index contributed by atoms with van der Waals surface area (Å²) in [7, 11) is 0. The van der Waals surface area contributed by atoms with Gasteiger partial charge in [0.05, 0.1) is 20.0 Å². The molecule has 3 aromatic carbocycles. The number of allylic oxidation sites excluding steroid dienone is 1. The summed E-state index contributed by atoms with van der Waals surface area (Å²) in [6, 6.07) is 16.1. The number of carbonyl (C=O) groups excluding carboxylic acids is 2. The maximum atomic E-state index is 12.6. The lowest BCUT2D eigenvalue weighted by molar-refractivity contribution is -0.384. The number of ketones is 2. The molecule has 31 heavy (non-hydrogen) atoms. The Morgan fingerprint density at radius 1 is 1.00 bits per heavy atom. The van der Waals surface area contributed by atoms with Gasteiger partial charge in [0.15, 0.2) is 17.3 Å². The van der Waals surface area contributed by atoms with Gasteiger partial charge in [-0.2, -0.15) is 0 Å². The lowest BCUT2D eigenvalue weighted by Crippen LogP contribution is -2.01.